The van der Waals surface area contributed by atoms with Crippen LogP contribution in [0.15, 0.2) is 49.4 Å². The van der Waals surface area contributed by atoms with Crippen molar-refractivity contribution in [2.24, 2.45) is 0 Å². The number of anilines is 2. The number of methoxy groups -OCH3 is 1. The van der Waals surface area contributed by atoms with Crippen molar-refractivity contribution >= 4 is 11.6 Å². The maximum atomic E-state index is 9.70. The zero-order valence-corrected chi connectivity index (χ0v) is 30.6. The molecule has 1 aromatic carbocycles. The van der Waals surface area contributed by atoms with Crippen LogP contribution >= 0.6 is 0 Å². The zero-order valence-electron chi connectivity index (χ0n) is 30.6. The molecule has 278 valence electrons. The van der Waals surface area contributed by atoms with E-state index in [1.807, 2.05) is 29.9 Å². The van der Waals surface area contributed by atoms with E-state index < -0.39 is 0 Å². The summed E-state index contributed by atoms with van der Waals surface area (Å²) in [6.07, 6.45) is 14.0. The molecule has 52 heavy (non-hydrogen) atoms. The molecule has 3 atom stereocenters. The molecule has 1 aliphatic carbocycles. The van der Waals surface area contributed by atoms with Gasteiger partial charge in [-0.15, -0.1) is 5.10 Å². The number of rotatable bonds is 17. The molecule has 1 N–H and O–H groups in total. The molecule has 1 aliphatic heterocycles. The Kier molecular flexibility index (Phi) is 13.0. The Morgan fingerprint density at radius 3 is 2.48 bits per heavy atom. The van der Waals surface area contributed by atoms with Gasteiger partial charge in [0.15, 0.2) is 0 Å². The van der Waals surface area contributed by atoms with E-state index in [9.17, 15) is 5.26 Å². The van der Waals surface area contributed by atoms with E-state index in [1.54, 1.807) is 36.6 Å². The van der Waals surface area contributed by atoms with Gasteiger partial charge in [0.25, 0.3) is 5.88 Å². The molecule has 15 nitrogen and oxygen atoms in total. The summed E-state index contributed by atoms with van der Waals surface area (Å²) in [7, 11) is 1.66. The van der Waals surface area contributed by atoms with E-state index in [2.05, 4.69) is 50.2 Å². The van der Waals surface area contributed by atoms with Crippen LogP contribution in [0.2, 0.25) is 0 Å². The van der Waals surface area contributed by atoms with Crippen LogP contribution in [0.1, 0.15) is 64.5 Å². The molecule has 1 unspecified atom stereocenters. The fraction of sp³-hybridized carbons (Fsp3) is 0.568. The first-order chi connectivity index (χ1) is 25.4. The highest BCUT2D eigenvalue weighted by Crippen LogP contribution is 2.35. The Balaban J connectivity index is 1.12. The Hall–Kier alpha value is -4.62. The summed E-state index contributed by atoms with van der Waals surface area (Å²) in [4.78, 5) is 15.8. The summed E-state index contributed by atoms with van der Waals surface area (Å²) in [5.74, 6) is 1.41. The van der Waals surface area contributed by atoms with Gasteiger partial charge >= 0.3 is 0 Å². The molecule has 0 spiro atoms. The fourth-order valence-corrected chi connectivity index (χ4v) is 6.93. The maximum Gasteiger partial charge on any atom is 0.256 e. The first kappa shape index (κ1) is 37.1. The van der Waals surface area contributed by atoms with Gasteiger partial charge in [-0.3, -0.25) is 9.58 Å². The number of aromatic nitrogens is 7. The maximum absolute atomic E-state index is 9.70. The number of nitriles is 1. The van der Waals surface area contributed by atoms with Crippen molar-refractivity contribution in [3.8, 4) is 28.8 Å². The smallest absolute Gasteiger partial charge is 0.256 e. The molecule has 1 saturated carbocycles. The fourth-order valence-electron chi connectivity index (χ4n) is 6.93. The van der Waals surface area contributed by atoms with Crippen molar-refractivity contribution in [3.05, 3.63) is 55.0 Å². The summed E-state index contributed by atoms with van der Waals surface area (Å²) < 4.78 is 32.7. The lowest BCUT2D eigenvalue weighted by Crippen LogP contribution is -2.51. The molecule has 0 bridgehead atoms. The van der Waals surface area contributed by atoms with Crippen molar-refractivity contribution < 1.29 is 23.7 Å². The van der Waals surface area contributed by atoms with Crippen molar-refractivity contribution in [2.45, 2.75) is 89.8 Å². The normalized spacial score (nSPS) is 21.4. The first-order valence-electron chi connectivity index (χ1n) is 18.2. The highest BCUT2D eigenvalue weighted by atomic mass is 16.5. The molecule has 15 heteroatoms. The topological polar surface area (TPSA) is 160 Å². The number of hydrogen-bond donors (Lipinski definition) is 1. The van der Waals surface area contributed by atoms with Gasteiger partial charge in [0, 0.05) is 57.2 Å². The first-order valence-corrected chi connectivity index (χ1v) is 18.2. The molecule has 3 aromatic heterocycles. The summed E-state index contributed by atoms with van der Waals surface area (Å²) in [6, 6.07) is 8.51. The van der Waals surface area contributed by atoms with E-state index >= 15 is 0 Å². The molecule has 4 aromatic rings. The van der Waals surface area contributed by atoms with Crippen LogP contribution in [-0.4, -0.2) is 110 Å². The minimum absolute atomic E-state index is 0.236. The third kappa shape index (κ3) is 10.0. The lowest BCUT2D eigenvalue weighted by molar-refractivity contribution is -0.0852. The average molecular weight is 715 g/mol. The second-order valence-electron chi connectivity index (χ2n) is 13.6. The largest absolute Gasteiger partial charge is 0.487 e. The monoisotopic (exact) mass is 714 g/mol. The number of hydrogen-bond acceptors (Lipinski definition) is 13. The van der Waals surface area contributed by atoms with Crippen LogP contribution in [0.25, 0.3) is 11.1 Å². The molecule has 2 aliphatic rings. The van der Waals surface area contributed by atoms with Crippen molar-refractivity contribution in [3.63, 3.8) is 0 Å². The Morgan fingerprint density at radius 2 is 1.77 bits per heavy atom. The van der Waals surface area contributed by atoms with Crippen molar-refractivity contribution in [1.82, 2.24) is 39.4 Å². The average Bonchev–Trinajstić information content (AvgIpc) is 3.81. The predicted molar refractivity (Wildman–Crippen MR) is 193 cm³/mol. The summed E-state index contributed by atoms with van der Waals surface area (Å²) in [6.45, 7) is 10.9. The van der Waals surface area contributed by atoms with Crippen LogP contribution < -0.4 is 14.8 Å². The quantitative estimate of drug-likeness (QED) is 0.145. The highest BCUT2D eigenvalue weighted by Gasteiger charge is 2.32. The number of nitrogens with one attached hydrogen (secondary N) is 1. The molecular formula is C37H50N10O5. The lowest BCUT2D eigenvalue weighted by atomic mass is 9.89. The van der Waals surface area contributed by atoms with E-state index in [4.69, 9.17) is 28.8 Å². The molecule has 0 amide bonds. The van der Waals surface area contributed by atoms with E-state index in [-0.39, 0.29) is 24.4 Å². The molecule has 1 saturated heterocycles. The molecule has 6 rings (SSSR count). The van der Waals surface area contributed by atoms with Gasteiger partial charge in [-0.05, 0) is 64.2 Å². The van der Waals surface area contributed by atoms with Gasteiger partial charge in [-0.25, -0.2) is 19.6 Å². The predicted octanol–water partition coefficient (Wildman–Crippen LogP) is 5.04. The van der Waals surface area contributed by atoms with Crippen LogP contribution in [-0.2, 0) is 20.8 Å². The second-order valence-corrected chi connectivity index (χ2v) is 13.6. The van der Waals surface area contributed by atoms with E-state index in [1.165, 1.54) is 6.33 Å². The molecule has 2 fully saturated rings. The molecule has 0 radical (unpaired) electrons. The summed E-state index contributed by atoms with van der Waals surface area (Å²) >= 11 is 0. The zero-order chi connectivity index (χ0) is 36.3. The minimum atomic E-state index is -0.236. The van der Waals surface area contributed by atoms with Gasteiger partial charge in [0.05, 0.1) is 56.4 Å². The van der Waals surface area contributed by atoms with E-state index in [0.29, 0.717) is 67.8 Å². The van der Waals surface area contributed by atoms with Crippen LogP contribution in [0.5, 0.6) is 11.6 Å². The summed E-state index contributed by atoms with van der Waals surface area (Å²) in [5.41, 5.74) is 2.76. The highest BCUT2D eigenvalue weighted by molar-refractivity contribution is 5.67. The number of morpholine rings is 1. The van der Waals surface area contributed by atoms with Gasteiger partial charge in [0.2, 0.25) is 5.95 Å². The van der Waals surface area contributed by atoms with Crippen molar-refractivity contribution in [1.29, 1.82) is 5.26 Å². The Labute approximate surface area is 305 Å². The van der Waals surface area contributed by atoms with Crippen LogP contribution in [0, 0.1) is 11.3 Å². The van der Waals surface area contributed by atoms with Gasteiger partial charge in [0.1, 0.15) is 36.3 Å². The second kappa shape index (κ2) is 18.2. The van der Waals surface area contributed by atoms with Crippen LogP contribution in [0.3, 0.4) is 0 Å². The van der Waals surface area contributed by atoms with Gasteiger partial charge in [-0.1, -0.05) is 6.07 Å². The SMILES string of the molecule is COCCOCCCOc1nn(C2CCC(N3C[C@@H](C)O[C@@H](C)C3)CC2)cc1Nc1ncc(-c2ccc(C#N)c(OC(C)Cn3cncn3)c2)cn1. The molecule has 4 heterocycles. The standard InChI is InChI=1S/C37H50N10O5/c1-26-20-45(21-27(2)51-26)32-8-10-33(11-9-32)47-23-34(36(44-47)50-13-5-12-49-15-14-48-4)43-37-40-18-31(19-41-37)29-6-7-30(17-38)35(16-29)52-28(3)22-46-25-39-24-42-46/h6-7,16,18-19,23-28,32-33H,5,8-15,20-22H2,1-4H3,(H,40,41,43)/t26-,27+,28?,32?,33?. The third-order valence-corrected chi connectivity index (χ3v) is 9.38. The van der Waals surface area contributed by atoms with Crippen molar-refractivity contribution in [2.75, 3.05) is 51.9 Å². The Morgan fingerprint density at radius 1 is 1.00 bits per heavy atom. The third-order valence-electron chi connectivity index (χ3n) is 9.38. The number of nitrogens with zero attached hydrogens (tertiary/aromatic N) is 9. The molecular weight excluding hydrogens is 664 g/mol. The lowest BCUT2D eigenvalue weighted by Gasteiger charge is -2.42. The number of ether oxygens (including phenoxy) is 5. The van der Waals surface area contributed by atoms with Gasteiger partial charge < -0.3 is 29.0 Å². The van der Waals surface area contributed by atoms with Gasteiger partial charge in [-0.2, -0.15) is 10.4 Å². The van der Waals surface area contributed by atoms with Crippen LogP contribution in [0.4, 0.5) is 11.6 Å². The van der Waals surface area contributed by atoms with E-state index in [0.717, 1.165) is 56.3 Å². The summed E-state index contributed by atoms with van der Waals surface area (Å²) in [5, 5.41) is 22.1. The minimum Gasteiger partial charge on any atom is -0.487 e. The number of benzene rings is 1. The Bertz CT molecular complexity index is 1710.